The number of nitrogens with one attached hydrogen (secondary N) is 3. The van der Waals surface area contributed by atoms with Crippen molar-refractivity contribution in [3.8, 4) is 0 Å². The lowest BCUT2D eigenvalue weighted by Crippen LogP contribution is -2.62. The minimum absolute atomic E-state index is 0.0401. The van der Waals surface area contributed by atoms with Crippen molar-refractivity contribution in [3.05, 3.63) is 148 Å². The highest BCUT2D eigenvalue weighted by Crippen LogP contribution is 2.44. The second kappa shape index (κ2) is 27.5. The molecule has 3 N–H and O–H groups in total. The van der Waals surface area contributed by atoms with Gasteiger partial charge in [0.25, 0.3) is 37.6 Å². The lowest BCUT2D eigenvalue weighted by Gasteiger charge is -2.50. The largest absolute Gasteiger partial charge is 0.501 e. The van der Waals surface area contributed by atoms with Gasteiger partial charge in [0.15, 0.2) is 0 Å². The van der Waals surface area contributed by atoms with E-state index in [0.717, 1.165) is 156 Å². The summed E-state index contributed by atoms with van der Waals surface area (Å²) in [6, 6.07) is 29.6. The molecule has 7 aliphatic heterocycles. The number of aryl methyl sites for hydroxylation is 1. The van der Waals surface area contributed by atoms with Crippen LogP contribution >= 0.6 is 23.4 Å². The molecule has 0 saturated carbocycles. The molecular weight excluding hydrogens is 1310 g/mol. The van der Waals surface area contributed by atoms with Gasteiger partial charge in [-0.05, 0) is 159 Å². The first-order chi connectivity index (χ1) is 45.8. The van der Waals surface area contributed by atoms with Crippen LogP contribution in [0, 0.1) is 5.41 Å². The van der Waals surface area contributed by atoms with E-state index < -0.39 is 82.5 Å². The van der Waals surface area contributed by atoms with E-state index >= 15 is 0 Å². The number of piperazine rings is 2. The number of sulfonamides is 1. The molecule has 5 saturated heterocycles. The zero-order valence-electron chi connectivity index (χ0n) is 53.8. The first-order valence-corrected chi connectivity index (χ1v) is 37.5. The van der Waals surface area contributed by atoms with Gasteiger partial charge in [-0.25, -0.2) is 21.6 Å². The highest BCUT2D eigenvalue weighted by atomic mass is 35.5. The molecule has 5 aromatic carbocycles. The summed E-state index contributed by atoms with van der Waals surface area (Å²) in [6.07, 6.45) is 7.12. The molecule has 8 aliphatic rings. The van der Waals surface area contributed by atoms with Crippen LogP contribution in [0.1, 0.15) is 114 Å². The maximum atomic E-state index is 14.7. The third-order valence-electron chi connectivity index (χ3n) is 20.8. The summed E-state index contributed by atoms with van der Waals surface area (Å²) in [7, 11) is -11.1. The number of likely N-dealkylation sites (tertiary alicyclic amines) is 1. The number of alkyl halides is 3. The van der Waals surface area contributed by atoms with Gasteiger partial charge in [-0.15, -0.1) is 11.8 Å². The first-order valence-electron chi connectivity index (χ1n) is 33.2. The molecule has 510 valence electrons. The van der Waals surface area contributed by atoms with Crippen molar-refractivity contribution in [1.82, 2.24) is 34.5 Å². The van der Waals surface area contributed by atoms with Gasteiger partial charge < -0.3 is 20.0 Å². The van der Waals surface area contributed by atoms with Crippen LogP contribution in [0.3, 0.4) is 0 Å². The SMILES string of the molecule is CC1(C)CCC(c2ccc(Cl)cc2)=C(CN2CCN3c4ccc(C(=O)NS(=O)(=O)c5ccc(N[C@H](CCN6CCN(C7CCN(C8CN(c9ccc%10c(c9)C(=O)N(C9CCC(=O)NC9=O)C%10=O)C8)CC7)CC6)CSc6ccccc6)c(S(=O)(=O)C(F)(F)F)c5)cc4CCC3C2)C1. The van der Waals surface area contributed by atoms with Crippen LogP contribution in [0.15, 0.2) is 129 Å². The van der Waals surface area contributed by atoms with Crippen molar-refractivity contribution in [2.45, 2.75) is 128 Å². The molecular formula is C70H80ClF3N10O9S3. The Morgan fingerprint density at radius 2 is 1.45 bits per heavy atom. The fraction of sp³-hybridized carbons (Fsp3) is 0.471. The second-order valence-electron chi connectivity index (χ2n) is 27.6. The van der Waals surface area contributed by atoms with E-state index in [1.807, 2.05) is 59.3 Å². The Labute approximate surface area is 568 Å². The number of piperidine rings is 2. The Bertz CT molecular complexity index is 4110. The van der Waals surface area contributed by atoms with E-state index in [9.17, 15) is 54.0 Å². The number of carbonyl (C=O) groups is 5. The zero-order chi connectivity index (χ0) is 67.4. The average Bonchev–Trinajstić information content (AvgIpc) is 1.36. The summed E-state index contributed by atoms with van der Waals surface area (Å²) >= 11 is 7.72. The quantitative estimate of drug-likeness (QED) is 0.0519. The average molecular weight is 1390 g/mol. The van der Waals surface area contributed by atoms with Gasteiger partial charge in [0.05, 0.1) is 21.7 Å². The Morgan fingerprint density at radius 1 is 0.729 bits per heavy atom. The molecule has 5 amide bonds. The minimum Gasteiger partial charge on any atom is -0.380 e. The Morgan fingerprint density at radius 3 is 2.18 bits per heavy atom. The predicted molar refractivity (Wildman–Crippen MR) is 364 cm³/mol. The number of imide groups is 2. The van der Waals surface area contributed by atoms with Crippen molar-refractivity contribution >= 4 is 95.4 Å². The number of hydrogen-bond acceptors (Lipinski definition) is 17. The number of hydrogen-bond donors (Lipinski definition) is 3. The molecule has 0 bridgehead atoms. The lowest BCUT2D eigenvalue weighted by atomic mass is 9.72. The number of sulfone groups is 1. The maximum Gasteiger partial charge on any atom is 0.501 e. The first kappa shape index (κ1) is 67.7. The molecule has 26 heteroatoms. The van der Waals surface area contributed by atoms with Crippen LogP contribution in [-0.2, 0) is 35.9 Å². The fourth-order valence-corrected chi connectivity index (χ4v) is 18.5. The third kappa shape index (κ3) is 14.4. The van der Waals surface area contributed by atoms with Gasteiger partial charge in [-0.2, -0.15) is 13.2 Å². The van der Waals surface area contributed by atoms with E-state index in [4.69, 9.17) is 11.6 Å². The van der Waals surface area contributed by atoms with E-state index in [1.165, 1.54) is 28.5 Å². The molecule has 96 heavy (non-hydrogen) atoms. The summed E-state index contributed by atoms with van der Waals surface area (Å²) < 4.78 is 101. The van der Waals surface area contributed by atoms with Gasteiger partial charge in [0, 0.05) is 148 Å². The maximum absolute atomic E-state index is 14.7. The predicted octanol–water partition coefficient (Wildman–Crippen LogP) is 9.19. The monoisotopic (exact) mass is 1390 g/mol. The van der Waals surface area contributed by atoms with Crippen molar-refractivity contribution in [2.75, 3.05) is 106 Å². The number of carbonyl (C=O) groups excluding carboxylic acids is 5. The molecule has 13 rings (SSSR count). The van der Waals surface area contributed by atoms with Crippen LogP contribution in [0.2, 0.25) is 5.02 Å². The molecule has 7 heterocycles. The number of anilines is 3. The van der Waals surface area contributed by atoms with Gasteiger partial charge >= 0.3 is 5.51 Å². The van der Waals surface area contributed by atoms with Gasteiger partial charge in [-0.1, -0.05) is 61.4 Å². The normalized spacial score (nSPS) is 22.3. The van der Waals surface area contributed by atoms with E-state index in [2.05, 4.69) is 66.0 Å². The highest BCUT2D eigenvalue weighted by Gasteiger charge is 2.49. The minimum atomic E-state index is -6.14. The molecule has 0 radical (unpaired) electrons. The number of thioether (sulfide) groups is 1. The topological polar surface area (TPSA) is 212 Å². The van der Waals surface area contributed by atoms with Gasteiger partial charge in [0.2, 0.25) is 11.8 Å². The summed E-state index contributed by atoms with van der Waals surface area (Å²) in [6.45, 7) is 15.0. The summed E-state index contributed by atoms with van der Waals surface area (Å²) in [4.78, 5) is 79.1. The molecule has 3 atom stereocenters. The fourth-order valence-electron chi connectivity index (χ4n) is 15.4. The summed E-state index contributed by atoms with van der Waals surface area (Å²) in [5.74, 6) is -2.80. The molecule has 0 aromatic heterocycles. The van der Waals surface area contributed by atoms with Crippen molar-refractivity contribution in [1.29, 1.82) is 0 Å². The molecule has 2 unspecified atom stereocenters. The number of halogens is 4. The number of benzene rings is 5. The molecule has 5 aromatic rings. The number of nitrogens with zero attached hydrogens (tertiary/aromatic N) is 7. The van der Waals surface area contributed by atoms with E-state index in [-0.39, 0.29) is 41.0 Å². The number of allylic oxidation sites excluding steroid dienone is 1. The molecule has 0 spiro atoms. The van der Waals surface area contributed by atoms with Crippen molar-refractivity contribution in [2.24, 2.45) is 5.41 Å². The zero-order valence-corrected chi connectivity index (χ0v) is 57.0. The number of fused-ring (bicyclic) bond motifs is 4. The Kier molecular flexibility index (Phi) is 19.4. The van der Waals surface area contributed by atoms with E-state index in [0.29, 0.717) is 48.3 Å². The Hall–Kier alpha value is -6.84. The molecule has 19 nitrogen and oxygen atoms in total. The van der Waals surface area contributed by atoms with Gasteiger partial charge in [0.1, 0.15) is 10.9 Å². The molecule has 5 fully saturated rings. The number of rotatable bonds is 19. The summed E-state index contributed by atoms with van der Waals surface area (Å²) in [5, 5.41) is 6.04. The molecule has 1 aliphatic carbocycles. The van der Waals surface area contributed by atoms with Crippen molar-refractivity contribution in [3.63, 3.8) is 0 Å². The smallest absolute Gasteiger partial charge is 0.380 e. The van der Waals surface area contributed by atoms with Gasteiger partial charge in [-0.3, -0.25) is 48.9 Å². The van der Waals surface area contributed by atoms with Crippen LogP contribution in [0.4, 0.5) is 30.2 Å². The standard InChI is InChI=1S/C70H80ClF3N10O9S3/c1-69(2)26-22-57(45-8-12-49(71)13-9-45)48(39-69)40-79-32-35-83-53(41-79)14-10-46-36-47(11-19-61(46)83)65(86)77-96(92,93)56-16-18-60(63(38-56)95(90,91)70(72,73)74)75-50(44-94-55-6-4-3-5-7-55)23-27-78-30-33-81(34-31-78)51-24-28-80(29-25-51)54-42-82(43-54)52-15-17-58-59(37-52)68(89)84(67(58)88)62-20-21-64(85)76-66(62)87/h3-9,11-13,15-19,36-38,50-51,53-54,62,75H,10,14,20-35,39-44H2,1-2H3,(H,77,86)(H,76,85,87)/t50-,53?,62?/m1/s1. The van der Waals surface area contributed by atoms with Crippen LogP contribution in [0.5, 0.6) is 0 Å². The van der Waals surface area contributed by atoms with Crippen LogP contribution in [0.25, 0.3) is 5.57 Å². The van der Waals surface area contributed by atoms with E-state index in [1.54, 1.807) is 24.3 Å². The van der Waals surface area contributed by atoms with Crippen LogP contribution in [-0.4, -0.2) is 197 Å². The second-order valence-corrected chi connectivity index (χ2v) is 32.7. The highest BCUT2D eigenvalue weighted by molar-refractivity contribution is 7.99. The van der Waals surface area contributed by atoms with Crippen molar-refractivity contribution < 1.29 is 54.0 Å². The summed E-state index contributed by atoms with van der Waals surface area (Å²) in [5.41, 5.74) is 1.28. The lowest BCUT2D eigenvalue weighted by molar-refractivity contribution is -0.136. The third-order valence-corrected chi connectivity index (χ3v) is 25.0. The number of amides is 5. The Balaban J connectivity index is 0.612. The van der Waals surface area contributed by atoms with Crippen LogP contribution < -0.4 is 25.2 Å².